The van der Waals surface area contributed by atoms with E-state index < -0.39 is 24.7 Å². The molecule has 1 atom stereocenters. The van der Waals surface area contributed by atoms with Crippen LogP contribution in [0, 0.1) is 0 Å². The van der Waals surface area contributed by atoms with Crippen LogP contribution in [-0.4, -0.2) is 50.2 Å². The lowest BCUT2D eigenvalue weighted by Gasteiger charge is -2.20. The largest absolute Gasteiger partial charge is 0.401 e. The third-order valence-corrected chi connectivity index (χ3v) is 1.94. The molecule has 1 amide bonds. The average molecular weight is 227 g/mol. The van der Waals surface area contributed by atoms with Crippen LogP contribution in [0.5, 0.6) is 0 Å². The number of nitrogens with one attached hydrogen (secondary N) is 1. The number of likely N-dealkylation sites (N-methyl/N-ethyl adjacent to an activating group) is 1. The maximum absolute atomic E-state index is 11.9. The van der Waals surface area contributed by atoms with E-state index in [0.29, 0.717) is 0 Å². The highest BCUT2D eigenvalue weighted by Gasteiger charge is 2.29. The van der Waals surface area contributed by atoms with Gasteiger partial charge in [-0.1, -0.05) is 0 Å². The highest BCUT2D eigenvalue weighted by molar-refractivity contribution is 5.79. The first-order chi connectivity index (χ1) is 6.76. The van der Waals surface area contributed by atoms with E-state index in [1.807, 2.05) is 0 Å². The predicted molar refractivity (Wildman–Crippen MR) is 50.2 cm³/mol. The number of carbonyl (C=O) groups excluding carboxylic acids is 1. The van der Waals surface area contributed by atoms with Gasteiger partial charge in [-0.15, -0.1) is 0 Å². The zero-order chi connectivity index (χ0) is 12.1. The van der Waals surface area contributed by atoms with Crippen molar-refractivity contribution in [2.24, 2.45) is 5.73 Å². The molecule has 0 heterocycles. The van der Waals surface area contributed by atoms with Crippen LogP contribution in [0.15, 0.2) is 0 Å². The number of halogens is 3. The van der Waals surface area contributed by atoms with Gasteiger partial charge in [0.1, 0.15) is 0 Å². The van der Waals surface area contributed by atoms with Gasteiger partial charge in [0.25, 0.3) is 0 Å². The molecule has 0 rings (SSSR count). The SMILES string of the molecule is CNC(CCN(C)CC(F)(F)F)C(N)=O. The summed E-state index contributed by atoms with van der Waals surface area (Å²) in [6.07, 6.45) is -3.95. The van der Waals surface area contributed by atoms with Crippen molar-refractivity contribution in [3.8, 4) is 0 Å². The summed E-state index contributed by atoms with van der Waals surface area (Å²) in [5.41, 5.74) is 5.02. The Balaban J connectivity index is 3.88. The standard InChI is InChI=1S/C8H16F3N3O/c1-13-6(7(12)15)3-4-14(2)5-8(9,10)11/h6,13H,3-5H2,1-2H3,(H2,12,15). The van der Waals surface area contributed by atoms with Gasteiger partial charge in [0, 0.05) is 6.54 Å². The Bertz CT molecular complexity index is 208. The smallest absolute Gasteiger partial charge is 0.368 e. The zero-order valence-electron chi connectivity index (χ0n) is 8.77. The molecule has 0 aliphatic carbocycles. The summed E-state index contributed by atoms with van der Waals surface area (Å²) in [6.45, 7) is -0.823. The van der Waals surface area contributed by atoms with E-state index in [0.717, 1.165) is 4.90 Å². The molecule has 0 aromatic carbocycles. The van der Waals surface area contributed by atoms with E-state index in [9.17, 15) is 18.0 Å². The second kappa shape index (κ2) is 5.92. The second-order valence-electron chi connectivity index (χ2n) is 3.39. The molecule has 0 bridgehead atoms. The lowest BCUT2D eigenvalue weighted by atomic mass is 10.2. The molecule has 0 spiro atoms. The van der Waals surface area contributed by atoms with Gasteiger partial charge in [-0.3, -0.25) is 9.69 Å². The number of nitrogens with zero attached hydrogens (tertiary/aromatic N) is 1. The minimum absolute atomic E-state index is 0.161. The lowest BCUT2D eigenvalue weighted by Crippen LogP contribution is -2.42. The summed E-state index contributed by atoms with van der Waals surface area (Å²) in [5.74, 6) is -0.557. The molecule has 0 aliphatic heterocycles. The Hall–Kier alpha value is -0.820. The first kappa shape index (κ1) is 14.2. The molecule has 0 aromatic rings. The quantitative estimate of drug-likeness (QED) is 0.668. The van der Waals surface area contributed by atoms with Gasteiger partial charge in [0.15, 0.2) is 0 Å². The summed E-state index contributed by atoms with van der Waals surface area (Å²) in [5, 5.41) is 2.64. The van der Waals surface area contributed by atoms with Crippen molar-refractivity contribution < 1.29 is 18.0 Å². The molecular formula is C8H16F3N3O. The Morgan fingerprint density at radius 3 is 2.40 bits per heavy atom. The van der Waals surface area contributed by atoms with Crippen LogP contribution >= 0.6 is 0 Å². The van der Waals surface area contributed by atoms with Crippen LogP contribution in [0.25, 0.3) is 0 Å². The molecule has 4 nitrogen and oxygen atoms in total. The molecular weight excluding hydrogens is 211 g/mol. The van der Waals surface area contributed by atoms with E-state index >= 15 is 0 Å². The van der Waals surface area contributed by atoms with Crippen LogP contribution in [-0.2, 0) is 4.79 Å². The number of alkyl halides is 3. The van der Waals surface area contributed by atoms with E-state index in [1.54, 1.807) is 7.05 Å². The van der Waals surface area contributed by atoms with E-state index in [-0.39, 0.29) is 13.0 Å². The van der Waals surface area contributed by atoms with Crippen LogP contribution in [0.2, 0.25) is 0 Å². The third kappa shape index (κ3) is 7.15. The normalized spacial score (nSPS) is 14.3. The van der Waals surface area contributed by atoms with E-state index in [4.69, 9.17) is 5.73 Å². The lowest BCUT2D eigenvalue weighted by molar-refractivity contribution is -0.143. The van der Waals surface area contributed by atoms with Crippen molar-refractivity contribution in [2.45, 2.75) is 18.6 Å². The molecule has 7 heteroatoms. The Morgan fingerprint density at radius 2 is 2.07 bits per heavy atom. The number of amides is 1. The molecule has 15 heavy (non-hydrogen) atoms. The van der Waals surface area contributed by atoms with Crippen molar-refractivity contribution in [1.29, 1.82) is 0 Å². The summed E-state index contributed by atoms with van der Waals surface area (Å²) >= 11 is 0. The summed E-state index contributed by atoms with van der Waals surface area (Å²) in [4.78, 5) is 11.9. The Kier molecular flexibility index (Phi) is 5.59. The van der Waals surface area contributed by atoms with Gasteiger partial charge < -0.3 is 11.1 Å². The van der Waals surface area contributed by atoms with Crippen LogP contribution in [0.4, 0.5) is 13.2 Å². The van der Waals surface area contributed by atoms with Gasteiger partial charge in [0.05, 0.1) is 12.6 Å². The third-order valence-electron chi connectivity index (χ3n) is 1.94. The summed E-state index contributed by atoms with van der Waals surface area (Å²) in [6, 6.07) is -0.583. The molecule has 0 fully saturated rings. The molecule has 3 N–H and O–H groups in total. The first-order valence-corrected chi connectivity index (χ1v) is 4.48. The molecule has 90 valence electrons. The minimum Gasteiger partial charge on any atom is -0.368 e. The number of hydrogen-bond donors (Lipinski definition) is 2. The molecule has 0 radical (unpaired) electrons. The number of hydrogen-bond acceptors (Lipinski definition) is 3. The summed E-state index contributed by atoms with van der Waals surface area (Å²) < 4.78 is 35.8. The van der Waals surface area contributed by atoms with Crippen LogP contribution < -0.4 is 11.1 Å². The molecule has 0 saturated carbocycles. The van der Waals surface area contributed by atoms with Gasteiger partial charge in [0.2, 0.25) is 5.91 Å². The predicted octanol–water partition coefficient (Wildman–Crippen LogP) is -0.0561. The van der Waals surface area contributed by atoms with Gasteiger partial charge in [-0.25, -0.2) is 0 Å². The van der Waals surface area contributed by atoms with Gasteiger partial charge in [-0.2, -0.15) is 13.2 Å². The van der Waals surface area contributed by atoms with Crippen molar-refractivity contribution in [3.05, 3.63) is 0 Å². The zero-order valence-corrected chi connectivity index (χ0v) is 8.77. The van der Waals surface area contributed by atoms with Crippen LogP contribution in [0.3, 0.4) is 0 Å². The maximum Gasteiger partial charge on any atom is 0.401 e. The van der Waals surface area contributed by atoms with E-state index in [2.05, 4.69) is 5.32 Å². The van der Waals surface area contributed by atoms with Crippen molar-refractivity contribution >= 4 is 5.91 Å². The highest BCUT2D eigenvalue weighted by Crippen LogP contribution is 2.15. The number of rotatable bonds is 6. The van der Waals surface area contributed by atoms with Crippen molar-refractivity contribution in [1.82, 2.24) is 10.2 Å². The fraction of sp³-hybridized carbons (Fsp3) is 0.875. The monoisotopic (exact) mass is 227 g/mol. The Morgan fingerprint density at radius 1 is 1.53 bits per heavy atom. The summed E-state index contributed by atoms with van der Waals surface area (Å²) in [7, 11) is 2.89. The van der Waals surface area contributed by atoms with Crippen LogP contribution in [0.1, 0.15) is 6.42 Å². The molecule has 0 aliphatic rings. The fourth-order valence-electron chi connectivity index (χ4n) is 1.16. The average Bonchev–Trinajstić information content (AvgIpc) is 2.01. The van der Waals surface area contributed by atoms with Crippen molar-refractivity contribution in [2.75, 3.05) is 27.2 Å². The first-order valence-electron chi connectivity index (χ1n) is 4.48. The van der Waals surface area contributed by atoms with Gasteiger partial charge in [-0.05, 0) is 20.5 Å². The van der Waals surface area contributed by atoms with Crippen molar-refractivity contribution in [3.63, 3.8) is 0 Å². The second-order valence-corrected chi connectivity index (χ2v) is 3.39. The Labute approximate surface area is 86.6 Å². The highest BCUT2D eigenvalue weighted by atomic mass is 19.4. The number of nitrogens with two attached hydrogens (primary N) is 1. The topological polar surface area (TPSA) is 58.4 Å². The number of primary amides is 1. The van der Waals surface area contributed by atoms with E-state index in [1.165, 1.54) is 7.05 Å². The minimum atomic E-state index is -4.21. The molecule has 1 unspecified atom stereocenters. The maximum atomic E-state index is 11.9. The molecule has 0 saturated heterocycles. The fourth-order valence-corrected chi connectivity index (χ4v) is 1.16. The van der Waals surface area contributed by atoms with Gasteiger partial charge >= 0.3 is 6.18 Å². The molecule has 0 aromatic heterocycles. The number of carbonyl (C=O) groups is 1.